The van der Waals surface area contributed by atoms with Gasteiger partial charge >= 0.3 is 0 Å². The van der Waals surface area contributed by atoms with Crippen molar-refractivity contribution in [1.29, 1.82) is 0 Å². The number of benzene rings is 1. The van der Waals surface area contributed by atoms with E-state index in [1.807, 2.05) is 49.4 Å². The average Bonchev–Trinajstić information content (AvgIpc) is 2.63. The van der Waals surface area contributed by atoms with Gasteiger partial charge in [-0.1, -0.05) is 24.3 Å². The Balaban J connectivity index is 1.71. The van der Waals surface area contributed by atoms with Crippen LogP contribution in [-0.2, 0) is 0 Å². The highest BCUT2D eigenvalue weighted by Crippen LogP contribution is 2.27. The number of carbonyl (C=O) groups is 1. The van der Waals surface area contributed by atoms with E-state index in [2.05, 4.69) is 4.98 Å². The summed E-state index contributed by atoms with van der Waals surface area (Å²) in [5.74, 6) is 0.564. The summed E-state index contributed by atoms with van der Waals surface area (Å²) in [6.45, 7) is 1.86. The first kappa shape index (κ1) is 17.4. The lowest BCUT2D eigenvalue weighted by Gasteiger charge is -2.39. The maximum atomic E-state index is 12.7. The molecule has 132 valence electrons. The van der Waals surface area contributed by atoms with Gasteiger partial charge in [0.25, 0.3) is 5.91 Å². The number of pyridine rings is 1. The summed E-state index contributed by atoms with van der Waals surface area (Å²) < 4.78 is 5.95. The Morgan fingerprint density at radius 3 is 2.64 bits per heavy atom. The molecule has 3 rings (SSSR count). The van der Waals surface area contributed by atoms with Crippen molar-refractivity contribution >= 4 is 5.91 Å². The van der Waals surface area contributed by atoms with Crippen LogP contribution in [-0.4, -0.2) is 46.2 Å². The van der Waals surface area contributed by atoms with Gasteiger partial charge in [-0.25, -0.2) is 4.98 Å². The number of hydrogen-bond acceptors (Lipinski definition) is 4. The topological polar surface area (TPSA) is 62.7 Å². The summed E-state index contributed by atoms with van der Waals surface area (Å²) in [5.41, 5.74) is 1.20. The molecule has 1 aliphatic rings. The average molecular weight is 340 g/mol. The molecule has 0 spiro atoms. The number of aryl methyl sites for hydroxylation is 1. The molecule has 1 fully saturated rings. The molecule has 1 amide bonds. The van der Waals surface area contributed by atoms with Crippen LogP contribution in [0, 0.1) is 6.92 Å². The molecule has 0 aliphatic heterocycles. The third-order valence-corrected chi connectivity index (χ3v) is 4.72. The smallest absolute Gasteiger partial charge is 0.272 e. The standard InChI is InChI=1S/C20H24N2O3/c1-14-8-6-11-16(21-14)20(24)22(2)17-12-7-13-18(19(17)23)25-15-9-4-3-5-10-15/h3-6,8-11,17-19,23H,7,12-13H2,1-2H3/t17-,18+,19+/m1/s1. The maximum Gasteiger partial charge on any atom is 0.272 e. The van der Waals surface area contributed by atoms with Gasteiger partial charge < -0.3 is 14.7 Å². The lowest BCUT2D eigenvalue weighted by Crippen LogP contribution is -2.53. The van der Waals surface area contributed by atoms with Gasteiger partial charge in [-0.05, 0) is 50.5 Å². The van der Waals surface area contributed by atoms with E-state index in [-0.39, 0.29) is 18.1 Å². The van der Waals surface area contributed by atoms with Crippen LogP contribution in [0.25, 0.3) is 0 Å². The monoisotopic (exact) mass is 340 g/mol. The SMILES string of the molecule is Cc1cccc(C(=O)N(C)[C@@H]2CCC[C@H](Oc3ccccc3)[C@H]2O)n1. The zero-order valence-corrected chi connectivity index (χ0v) is 14.6. The Hall–Kier alpha value is -2.40. The van der Waals surface area contributed by atoms with Crippen LogP contribution >= 0.6 is 0 Å². The second-order valence-corrected chi connectivity index (χ2v) is 6.54. The molecule has 25 heavy (non-hydrogen) atoms. The van der Waals surface area contributed by atoms with Crippen molar-refractivity contribution in [1.82, 2.24) is 9.88 Å². The van der Waals surface area contributed by atoms with E-state index >= 15 is 0 Å². The van der Waals surface area contributed by atoms with E-state index in [0.29, 0.717) is 5.69 Å². The van der Waals surface area contributed by atoms with E-state index in [1.165, 1.54) is 0 Å². The molecule has 0 unspecified atom stereocenters. The summed E-state index contributed by atoms with van der Waals surface area (Å²) >= 11 is 0. The van der Waals surface area contributed by atoms with Crippen molar-refractivity contribution in [2.75, 3.05) is 7.05 Å². The molecule has 2 aromatic rings. The zero-order valence-electron chi connectivity index (χ0n) is 14.6. The number of aliphatic hydroxyl groups excluding tert-OH is 1. The Morgan fingerprint density at radius 1 is 1.16 bits per heavy atom. The first-order valence-corrected chi connectivity index (χ1v) is 8.67. The number of para-hydroxylation sites is 1. The van der Waals surface area contributed by atoms with Crippen molar-refractivity contribution in [2.45, 2.75) is 44.4 Å². The number of likely N-dealkylation sites (N-methyl/N-ethyl adjacent to an activating group) is 1. The van der Waals surface area contributed by atoms with Crippen molar-refractivity contribution in [2.24, 2.45) is 0 Å². The van der Waals surface area contributed by atoms with Gasteiger partial charge in [0.05, 0.1) is 6.04 Å². The minimum atomic E-state index is -0.729. The number of aliphatic hydroxyl groups is 1. The Morgan fingerprint density at radius 2 is 1.92 bits per heavy atom. The van der Waals surface area contributed by atoms with E-state index < -0.39 is 6.10 Å². The second kappa shape index (κ2) is 7.66. The van der Waals surface area contributed by atoms with E-state index in [0.717, 1.165) is 30.7 Å². The lowest BCUT2D eigenvalue weighted by atomic mass is 9.88. The molecule has 3 atom stereocenters. The maximum absolute atomic E-state index is 12.7. The fourth-order valence-electron chi connectivity index (χ4n) is 3.34. The molecule has 1 N–H and O–H groups in total. The predicted octanol–water partition coefficient (Wildman–Crippen LogP) is 2.82. The molecule has 5 nitrogen and oxygen atoms in total. The summed E-state index contributed by atoms with van der Waals surface area (Å²) in [7, 11) is 1.73. The number of amides is 1. The molecule has 1 aromatic heterocycles. The molecule has 0 radical (unpaired) electrons. The first-order chi connectivity index (χ1) is 12.1. The quantitative estimate of drug-likeness (QED) is 0.930. The van der Waals surface area contributed by atoms with Gasteiger partial charge in [-0.15, -0.1) is 0 Å². The fraction of sp³-hybridized carbons (Fsp3) is 0.400. The van der Waals surface area contributed by atoms with Crippen LogP contribution in [0.1, 0.15) is 35.4 Å². The summed E-state index contributed by atoms with van der Waals surface area (Å²) in [6.07, 6.45) is 1.38. The minimum Gasteiger partial charge on any atom is -0.488 e. The van der Waals surface area contributed by atoms with Crippen LogP contribution in [0.3, 0.4) is 0 Å². The Kier molecular flexibility index (Phi) is 5.34. The number of nitrogens with zero attached hydrogens (tertiary/aromatic N) is 2. The number of ether oxygens (including phenoxy) is 1. The zero-order chi connectivity index (χ0) is 17.8. The highest BCUT2D eigenvalue weighted by molar-refractivity contribution is 5.92. The van der Waals surface area contributed by atoms with Crippen LogP contribution in [0.2, 0.25) is 0 Å². The molecular formula is C20H24N2O3. The minimum absolute atomic E-state index is 0.173. The molecule has 0 bridgehead atoms. The molecule has 1 heterocycles. The van der Waals surface area contributed by atoms with Crippen LogP contribution < -0.4 is 4.74 Å². The van der Waals surface area contributed by atoms with E-state index in [4.69, 9.17) is 4.74 Å². The molecule has 1 aliphatic carbocycles. The van der Waals surface area contributed by atoms with Crippen molar-refractivity contribution in [3.05, 3.63) is 59.9 Å². The van der Waals surface area contributed by atoms with E-state index in [9.17, 15) is 9.90 Å². The van der Waals surface area contributed by atoms with Gasteiger partial charge in [0.15, 0.2) is 0 Å². The van der Waals surface area contributed by atoms with Gasteiger partial charge in [-0.3, -0.25) is 4.79 Å². The number of aromatic nitrogens is 1. The van der Waals surface area contributed by atoms with Gasteiger partial charge in [0, 0.05) is 12.7 Å². The van der Waals surface area contributed by atoms with Gasteiger partial charge in [-0.2, -0.15) is 0 Å². The van der Waals surface area contributed by atoms with Crippen LogP contribution in [0.15, 0.2) is 48.5 Å². The largest absolute Gasteiger partial charge is 0.488 e. The third-order valence-electron chi connectivity index (χ3n) is 4.72. The highest BCUT2D eigenvalue weighted by Gasteiger charge is 2.37. The van der Waals surface area contributed by atoms with E-state index in [1.54, 1.807) is 18.0 Å². The Labute approximate surface area is 148 Å². The lowest BCUT2D eigenvalue weighted by molar-refractivity contribution is -0.0414. The summed E-state index contributed by atoms with van der Waals surface area (Å²) in [5, 5.41) is 10.8. The van der Waals surface area contributed by atoms with Crippen LogP contribution in [0.4, 0.5) is 0 Å². The summed E-state index contributed by atoms with van der Waals surface area (Å²) in [6, 6.07) is 14.6. The highest BCUT2D eigenvalue weighted by atomic mass is 16.5. The number of rotatable bonds is 4. The van der Waals surface area contributed by atoms with Crippen molar-refractivity contribution in [3.8, 4) is 5.75 Å². The second-order valence-electron chi connectivity index (χ2n) is 6.54. The van der Waals surface area contributed by atoms with Gasteiger partial charge in [0.2, 0.25) is 0 Å². The first-order valence-electron chi connectivity index (χ1n) is 8.67. The summed E-state index contributed by atoms with van der Waals surface area (Å²) in [4.78, 5) is 18.6. The Bertz CT molecular complexity index is 720. The molecule has 1 saturated carbocycles. The number of hydrogen-bond donors (Lipinski definition) is 1. The normalized spacial score (nSPS) is 23.1. The molecule has 5 heteroatoms. The number of carbonyl (C=O) groups excluding carboxylic acids is 1. The fourth-order valence-corrected chi connectivity index (χ4v) is 3.34. The molecular weight excluding hydrogens is 316 g/mol. The van der Waals surface area contributed by atoms with Crippen molar-refractivity contribution < 1.29 is 14.6 Å². The van der Waals surface area contributed by atoms with Gasteiger partial charge in [0.1, 0.15) is 23.7 Å². The predicted molar refractivity (Wildman–Crippen MR) is 95.6 cm³/mol. The third kappa shape index (κ3) is 3.99. The van der Waals surface area contributed by atoms with Crippen LogP contribution in [0.5, 0.6) is 5.75 Å². The molecule has 0 saturated heterocycles. The van der Waals surface area contributed by atoms with Crippen molar-refractivity contribution in [3.63, 3.8) is 0 Å². The molecule has 1 aromatic carbocycles.